The predicted molar refractivity (Wildman–Crippen MR) is 75.2 cm³/mol. The second kappa shape index (κ2) is 7.84. The lowest BCUT2D eigenvalue weighted by Gasteiger charge is -2.10. The monoisotopic (exact) mass is 270 g/mol. The lowest BCUT2D eigenvalue weighted by molar-refractivity contribution is -0.113. The quantitative estimate of drug-likeness (QED) is 0.581. The molecule has 0 atom stereocenters. The van der Waals surface area contributed by atoms with Gasteiger partial charge in [0.1, 0.15) is 5.75 Å². The van der Waals surface area contributed by atoms with Crippen molar-refractivity contribution in [2.75, 3.05) is 43.4 Å². The Labute approximate surface area is 111 Å². The molecule has 1 amide bonds. The Morgan fingerprint density at radius 1 is 1.44 bits per heavy atom. The smallest absolute Gasteiger partial charge is 0.234 e. The molecule has 6 heteroatoms. The van der Waals surface area contributed by atoms with E-state index in [4.69, 9.17) is 15.2 Å². The second-order valence-corrected chi connectivity index (χ2v) is 4.66. The molecule has 0 fully saturated rings. The molecule has 0 saturated carbocycles. The Bertz CT molecular complexity index is 399. The fraction of sp³-hybridized carbons (Fsp3) is 0.417. The summed E-state index contributed by atoms with van der Waals surface area (Å²) in [5.41, 5.74) is 6.86. The van der Waals surface area contributed by atoms with Crippen molar-refractivity contribution in [3.63, 3.8) is 0 Å². The van der Waals surface area contributed by atoms with Gasteiger partial charge in [0.2, 0.25) is 5.91 Å². The van der Waals surface area contributed by atoms with E-state index in [9.17, 15) is 4.79 Å². The molecular formula is C12H18N2O3S. The number of ether oxygens (including phenoxy) is 2. The average molecular weight is 270 g/mol. The van der Waals surface area contributed by atoms with Gasteiger partial charge in [0.15, 0.2) is 0 Å². The molecule has 0 saturated heterocycles. The van der Waals surface area contributed by atoms with Gasteiger partial charge in [-0.05, 0) is 12.1 Å². The number of carbonyl (C=O) groups is 1. The van der Waals surface area contributed by atoms with Gasteiger partial charge in [-0.25, -0.2) is 0 Å². The van der Waals surface area contributed by atoms with Crippen LogP contribution < -0.4 is 15.8 Å². The molecule has 0 radical (unpaired) electrons. The molecule has 0 bridgehead atoms. The lowest BCUT2D eigenvalue weighted by Crippen LogP contribution is -2.15. The fourth-order valence-corrected chi connectivity index (χ4v) is 1.99. The Morgan fingerprint density at radius 2 is 2.22 bits per heavy atom. The minimum atomic E-state index is -0.0702. The molecule has 0 aliphatic heterocycles. The molecule has 0 aliphatic carbocycles. The third kappa shape index (κ3) is 4.85. The van der Waals surface area contributed by atoms with E-state index in [0.717, 1.165) is 5.75 Å². The van der Waals surface area contributed by atoms with Crippen LogP contribution in [0, 0.1) is 0 Å². The van der Waals surface area contributed by atoms with E-state index in [1.165, 1.54) is 18.9 Å². The molecule has 18 heavy (non-hydrogen) atoms. The highest BCUT2D eigenvalue weighted by Crippen LogP contribution is 2.26. The summed E-state index contributed by atoms with van der Waals surface area (Å²) in [5.74, 6) is 1.67. The topological polar surface area (TPSA) is 73.6 Å². The van der Waals surface area contributed by atoms with Gasteiger partial charge in [-0.15, -0.1) is 11.8 Å². The molecule has 0 spiro atoms. The summed E-state index contributed by atoms with van der Waals surface area (Å²) in [7, 11) is 3.18. The highest BCUT2D eigenvalue weighted by molar-refractivity contribution is 7.99. The van der Waals surface area contributed by atoms with E-state index in [1.54, 1.807) is 25.3 Å². The molecule has 0 aromatic heterocycles. The van der Waals surface area contributed by atoms with Gasteiger partial charge in [0, 0.05) is 24.6 Å². The maximum Gasteiger partial charge on any atom is 0.234 e. The molecule has 1 aromatic rings. The van der Waals surface area contributed by atoms with Gasteiger partial charge in [-0.2, -0.15) is 0 Å². The summed E-state index contributed by atoms with van der Waals surface area (Å²) in [4.78, 5) is 11.7. The number of hydrogen-bond donors (Lipinski definition) is 2. The van der Waals surface area contributed by atoms with Crippen LogP contribution in [-0.2, 0) is 9.53 Å². The average Bonchev–Trinajstić information content (AvgIpc) is 2.37. The van der Waals surface area contributed by atoms with E-state index in [0.29, 0.717) is 29.5 Å². The van der Waals surface area contributed by atoms with Crippen LogP contribution in [0.2, 0.25) is 0 Å². The first-order chi connectivity index (χ1) is 8.67. The van der Waals surface area contributed by atoms with Crippen molar-refractivity contribution in [1.82, 2.24) is 0 Å². The maximum atomic E-state index is 11.7. The van der Waals surface area contributed by atoms with Crippen LogP contribution in [0.1, 0.15) is 0 Å². The van der Waals surface area contributed by atoms with Crippen LogP contribution in [0.5, 0.6) is 5.75 Å². The van der Waals surface area contributed by atoms with Gasteiger partial charge in [0.25, 0.3) is 0 Å². The molecule has 0 aliphatic rings. The number of nitrogens with two attached hydrogens (primary N) is 1. The van der Waals surface area contributed by atoms with Crippen molar-refractivity contribution in [2.24, 2.45) is 0 Å². The van der Waals surface area contributed by atoms with E-state index in [2.05, 4.69) is 5.32 Å². The maximum absolute atomic E-state index is 11.7. The molecule has 0 unspecified atom stereocenters. The van der Waals surface area contributed by atoms with Crippen molar-refractivity contribution < 1.29 is 14.3 Å². The fourth-order valence-electron chi connectivity index (χ4n) is 1.30. The highest BCUT2D eigenvalue weighted by atomic mass is 32.2. The minimum absolute atomic E-state index is 0.0702. The number of nitrogen functional groups attached to an aromatic ring is 1. The molecule has 0 heterocycles. The summed E-state index contributed by atoms with van der Waals surface area (Å²) >= 11 is 1.52. The van der Waals surface area contributed by atoms with Gasteiger partial charge < -0.3 is 20.5 Å². The zero-order valence-electron chi connectivity index (χ0n) is 10.6. The molecular weight excluding hydrogens is 252 g/mol. The second-order valence-electron chi connectivity index (χ2n) is 3.55. The minimum Gasteiger partial charge on any atom is -0.494 e. The number of amides is 1. The Hall–Kier alpha value is -1.40. The zero-order valence-corrected chi connectivity index (χ0v) is 11.4. The number of methoxy groups -OCH3 is 2. The normalized spacial score (nSPS) is 10.1. The number of rotatable bonds is 7. The largest absolute Gasteiger partial charge is 0.494 e. The summed E-state index contributed by atoms with van der Waals surface area (Å²) < 4.78 is 10.1. The van der Waals surface area contributed by atoms with E-state index < -0.39 is 0 Å². The first kappa shape index (κ1) is 14.7. The van der Waals surface area contributed by atoms with Crippen LogP contribution in [-0.4, -0.2) is 38.2 Å². The zero-order chi connectivity index (χ0) is 13.4. The summed E-state index contributed by atoms with van der Waals surface area (Å²) in [6.45, 7) is 0.642. The molecule has 3 N–H and O–H groups in total. The van der Waals surface area contributed by atoms with Crippen LogP contribution >= 0.6 is 11.8 Å². The Morgan fingerprint density at radius 3 is 2.89 bits per heavy atom. The first-order valence-corrected chi connectivity index (χ1v) is 6.63. The van der Waals surface area contributed by atoms with Crippen molar-refractivity contribution >= 4 is 29.0 Å². The van der Waals surface area contributed by atoms with E-state index >= 15 is 0 Å². The number of benzene rings is 1. The summed E-state index contributed by atoms with van der Waals surface area (Å²) in [6.07, 6.45) is 0. The van der Waals surface area contributed by atoms with Crippen molar-refractivity contribution in [3.8, 4) is 5.75 Å². The van der Waals surface area contributed by atoms with Gasteiger partial charge in [-0.3, -0.25) is 4.79 Å². The van der Waals surface area contributed by atoms with Crippen LogP contribution in [0.25, 0.3) is 0 Å². The van der Waals surface area contributed by atoms with Crippen molar-refractivity contribution in [2.45, 2.75) is 0 Å². The first-order valence-electron chi connectivity index (χ1n) is 5.47. The van der Waals surface area contributed by atoms with Gasteiger partial charge in [0.05, 0.1) is 25.2 Å². The SMILES string of the molecule is COCCSCC(=O)Nc1ccc(N)cc1OC. The number of thioether (sulfide) groups is 1. The van der Waals surface area contributed by atoms with Crippen LogP contribution in [0.4, 0.5) is 11.4 Å². The number of carbonyl (C=O) groups excluding carboxylic acids is 1. The highest BCUT2D eigenvalue weighted by Gasteiger charge is 2.07. The van der Waals surface area contributed by atoms with Crippen molar-refractivity contribution in [1.29, 1.82) is 0 Å². The Kier molecular flexibility index (Phi) is 6.38. The Balaban J connectivity index is 2.48. The summed E-state index contributed by atoms with van der Waals surface area (Å²) in [5, 5.41) is 2.78. The number of hydrogen-bond acceptors (Lipinski definition) is 5. The number of anilines is 2. The molecule has 100 valence electrons. The van der Waals surface area contributed by atoms with Crippen LogP contribution in [0.3, 0.4) is 0 Å². The third-order valence-corrected chi connectivity index (χ3v) is 3.09. The van der Waals surface area contributed by atoms with E-state index in [-0.39, 0.29) is 5.91 Å². The lowest BCUT2D eigenvalue weighted by atomic mass is 10.2. The van der Waals surface area contributed by atoms with E-state index in [1.807, 2.05) is 0 Å². The molecule has 1 rings (SSSR count). The number of nitrogens with one attached hydrogen (secondary N) is 1. The third-order valence-electron chi connectivity index (χ3n) is 2.16. The van der Waals surface area contributed by atoms with Crippen molar-refractivity contribution in [3.05, 3.63) is 18.2 Å². The predicted octanol–water partition coefficient (Wildman–Crippen LogP) is 1.60. The molecule has 5 nitrogen and oxygen atoms in total. The van der Waals surface area contributed by atoms with Gasteiger partial charge in [-0.1, -0.05) is 0 Å². The standard InChI is InChI=1S/C12H18N2O3S/c1-16-5-6-18-8-12(15)14-10-4-3-9(13)7-11(10)17-2/h3-4,7H,5-6,8,13H2,1-2H3,(H,14,15). The summed E-state index contributed by atoms with van der Waals surface area (Å²) in [6, 6.07) is 5.12. The van der Waals surface area contributed by atoms with Gasteiger partial charge >= 0.3 is 0 Å². The molecule has 1 aromatic carbocycles. The van der Waals surface area contributed by atoms with Crippen LogP contribution in [0.15, 0.2) is 18.2 Å².